The quantitative estimate of drug-likeness (QED) is 0.813. The van der Waals surface area contributed by atoms with Crippen LogP contribution in [-0.4, -0.2) is 19.3 Å². The van der Waals surface area contributed by atoms with Gasteiger partial charge in [-0.2, -0.15) is 0 Å². The van der Waals surface area contributed by atoms with Crippen molar-refractivity contribution >= 4 is 11.0 Å². The standard InChI is InChI=1S/C12H12O5/c1-15-8-3-7(6-13)12-9(16-2)5-11(14)17-10(12)4-8/h3-5,13H,6H2,1-2H3. The van der Waals surface area contributed by atoms with Crippen LogP contribution in [0, 0.1) is 0 Å². The number of methoxy groups -OCH3 is 2. The lowest BCUT2D eigenvalue weighted by Crippen LogP contribution is -2.01. The number of aliphatic hydroxyl groups is 1. The van der Waals surface area contributed by atoms with Crippen LogP contribution in [0.1, 0.15) is 5.56 Å². The molecule has 1 aromatic carbocycles. The minimum atomic E-state index is -0.508. The van der Waals surface area contributed by atoms with Crippen molar-refractivity contribution in [1.29, 1.82) is 0 Å². The number of hydrogen-bond acceptors (Lipinski definition) is 5. The molecule has 5 heteroatoms. The minimum absolute atomic E-state index is 0.197. The molecule has 0 amide bonds. The van der Waals surface area contributed by atoms with Crippen LogP contribution in [0.2, 0.25) is 0 Å². The zero-order valence-electron chi connectivity index (χ0n) is 9.52. The van der Waals surface area contributed by atoms with E-state index >= 15 is 0 Å². The van der Waals surface area contributed by atoms with Crippen molar-refractivity contribution in [3.05, 3.63) is 34.2 Å². The highest BCUT2D eigenvalue weighted by molar-refractivity contribution is 5.87. The molecule has 17 heavy (non-hydrogen) atoms. The van der Waals surface area contributed by atoms with Gasteiger partial charge in [-0.05, 0) is 11.6 Å². The average Bonchev–Trinajstić information content (AvgIpc) is 2.35. The van der Waals surface area contributed by atoms with Crippen LogP contribution >= 0.6 is 0 Å². The molecule has 1 aromatic heterocycles. The van der Waals surface area contributed by atoms with Gasteiger partial charge in [0, 0.05) is 6.07 Å². The molecule has 0 saturated heterocycles. The molecule has 2 aromatic rings. The Bertz CT molecular complexity index is 600. The Morgan fingerprint density at radius 2 is 2.00 bits per heavy atom. The lowest BCUT2D eigenvalue weighted by atomic mass is 10.1. The summed E-state index contributed by atoms with van der Waals surface area (Å²) in [6, 6.07) is 4.50. The topological polar surface area (TPSA) is 68.9 Å². The van der Waals surface area contributed by atoms with Crippen LogP contribution in [0.25, 0.3) is 11.0 Å². The highest BCUT2D eigenvalue weighted by atomic mass is 16.5. The van der Waals surface area contributed by atoms with Gasteiger partial charge in [0.25, 0.3) is 0 Å². The Morgan fingerprint density at radius 1 is 1.24 bits per heavy atom. The molecule has 0 unspecified atom stereocenters. The van der Waals surface area contributed by atoms with E-state index in [9.17, 15) is 9.90 Å². The van der Waals surface area contributed by atoms with E-state index in [1.54, 1.807) is 12.1 Å². The van der Waals surface area contributed by atoms with Gasteiger partial charge in [0.15, 0.2) is 0 Å². The number of ether oxygens (including phenoxy) is 2. The van der Waals surface area contributed by atoms with Crippen LogP contribution in [0.3, 0.4) is 0 Å². The van der Waals surface area contributed by atoms with Crippen molar-refractivity contribution in [3.63, 3.8) is 0 Å². The Labute approximate surface area is 97.2 Å². The van der Waals surface area contributed by atoms with E-state index < -0.39 is 5.63 Å². The van der Waals surface area contributed by atoms with Gasteiger partial charge in [0.05, 0.1) is 32.3 Å². The van der Waals surface area contributed by atoms with E-state index in [0.717, 1.165) is 0 Å². The molecule has 0 bridgehead atoms. The van der Waals surface area contributed by atoms with Gasteiger partial charge in [-0.1, -0.05) is 0 Å². The van der Waals surface area contributed by atoms with Crippen molar-refractivity contribution in [1.82, 2.24) is 0 Å². The number of rotatable bonds is 3. The molecular weight excluding hydrogens is 224 g/mol. The van der Waals surface area contributed by atoms with Crippen molar-refractivity contribution in [2.45, 2.75) is 6.61 Å². The molecule has 0 fully saturated rings. The van der Waals surface area contributed by atoms with Crippen molar-refractivity contribution in [3.8, 4) is 11.5 Å². The molecule has 0 saturated carbocycles. The molecule has 0 atom stereocenters. The van der Waals surface area contributed by atoms with E-state index in [0.29, 0.717) is 28.0 Å². The predicted octanol–water partition coefficient (Wildman–Crippen LogP) is 1.30. The van der Waals surface area contributed by atoms with Crippen molar-refractivity contribution in [2.75, 3.05) is 14.2 Å². The second-order valence-corrected chi connectivity index (χ2v) is 3.45. The minimum Gasteiger partial charge on any atom is -0.497 e. The van der Waals surface area contributed by atoms with Crippen LogP contribution in [0.5, 0.6) is 11.5 Å². The summed E-state index contributed by atoms with van der Waals surface area (Å²) >= 11 is 0. The Hall–Kier alpha value is -2.01. The third-order valence-corrected chi connectivity index (χ3v) is 2.49. The molecule has 0 aliphatic carbocycles. The fourth-order valence-electron chi connectivity index (χ4n) is 1.73. The van der Waals surface area contributed by atoms with Crippen molar-refractivity contribution in [2.24, 2.45) is 0 Å². The first-order chi connectivity index (χ1) is 8.19. The second-order valence-electron chi connectivity index (χ2n) is 3.45. The maximum atomic E-state index is 11.3. The van der Waals surface area contributed by atoms with Gasteiger partial charge >= 0.3 is 5.63 Å². The lowest BCUT2D eigenvalue weighted by molar-refractivity contribution is 0.282. The SMILES string of the molecule is COc1cc(CO)c2c(OC)cc(=O)oc2c1. The smallest absolute Gasteiger partial charge is 0.339 e. The van der Waals surface area contributed by atoms with E-state index in [4.69, 9.17) is 13.9 Å². The summed E-state index contributed by atoms with van der Waals surface area (Å²) in [6.07, 6.45) is 0. The van der Waals surface area contributed by atoms with Gasteiger partial charge in [-0.3, -0.25) is 0 Å². The molecule has 0 spiro atoms. The Morgan fingerprint density at radius 3 is 2.59 bits per heavy atom. The maximum Gasteiger partial charge on any atom is 0.339 e. The lowest BCUT2D eigenvalue weighted by Gasteiger charge is -2.09. The summed E-state index contributed by atoms with van der Waals surface area (Å²) in [5.74, 6) is 0.890. The van der Waals surface area contributed by atoms with E-state index in [2.05, 4.69) is 0 Å². The number of aliphatic hydroxyl groups excluding tert-OH is 1. The van der Waals surface area contributed by atoms with Crippen LogP contribution in [0.4, 0.5) is 0 Å². The van der Waals surface area contributed by atoms with Gasteiger partial charge in [0.1, 0.15) is 17.1 Å². The first-order valence-corrected chi connectivity index (χ1v) is 4.99. The molecule has 0 aliphatic rings. The Kier molecular flexibility index (Phi) is 3.01. The highest BCUT2D eigenvalue weighted by Crippen LogP contribution is 2.31. The number of fused-ring (bicyclic) bond motifs is 1. The second kappa shape index (κ2) is 4.47. The summed E-state index contributed by atoms with van der Waals surface area (Å²) < 4.78 is 15.2. The fraction of sp³-hybridized carbons (Fsp3) is 0.250. The first kappa shape index (κ1) is 11.5. The molecule has 1 heterocycles. The third kappa shape index (κ3) is 1.97. The van der Waals surface area contributed by atoms with E-state index in [-0.39, 0.29) is 6.61 Å². The molecule has 5 nitrogen and oxygen atoms in total. The van der Waals surface area contributed by atoms with E-state index in [1.165, 1.54) is 20.3 Å². The molecular formula is C12H12O5. The zero-order chi connectivity index (χ0) is 12.4. The number of hydrogen-bond donors (Lipinski definition) is 1. The summed E-state index contributed by atoms with van der Waals surface area (Å²) in [5, 5.41) is 9.89. The molecule has 2 rings (SSSR count). The Balaban J connectivity index is 2.88. The first-order valence-electron chi connectivity index (χ1n) is 4.99. The van der Waals surface area contributed by atoms with Crippen molar-refractivity contribution < 1.29 is 19.0 Å². The monoisotopic (exact) mass is 236 g/mol. The highest BCUT2D eigenvalue weighted by Gasteiger charge is 2.12. The predicted molar refractivity (Wildman–Crippen MR) is 61.5 cm³/mol. The third-order valence-electron chi connectivity index (χ3n) is 2.49. The molecule has 1 N–H and O–H groups in total. The van der Waals surface area contributed by atoms with Gasteiger partial charge in [-0.25, -0.2) is 4.79 Å². The van der Waals surface area contributed by atoms with Crippen LogP contribution in [-0.2, 0) is 6.61 Å². The average molecular weight is 236 g/mol. The van der Waals surface area contributed by atoms with Gasteiger partial charge < -0.3 is 19.0 Å². The maximum absolute atomic E-state index is 11.3. The van der Waals surface area contributed by atoms with Gasteiger partial charge in [0.2, 0.25) is 0 Å². The summed E-state index contributed by atoms with van der Waals surface area (Å²) in [6.45, 7) is -0.197. The van der Waals surface area contributed by atoms with Crippen LogP contribution in [0.15, 0.2) is 27.4 Å². The fourth-order valence-corrected chi connectivity index (χ4v) is 1.73. The summed E-state index contributed by atoms with van der Waals surface area (Å²) in [7, 11) is 2.96. The zero-order valence-corrected chi connectivity index (χ0v) is 9.52. The summed E-state index contributed by atoms with van der Waals surface area (Å²) in [4.78, 5) is 11.3. The van der Waals surface area contributed by atoms with Crippen LogP contribution < -0.4 is 15.1 Å². The van der Waals surface area contributed by atoms with E-state index in [1.807, 2.05) is 0 Å². The molecule has 0 aliphatic heterocycles. The number of benzene rings is 1. The summed E-state index contributed by atoms with van der Waals surface area (Å²) in [5.41, 5.74) is 0.407. The van der Waals surface area contributed by atoms with Gasteiger partial charge in [-0.15, -0.1) is 0 Å². The molecule has 0 radical (unpaired) electrons. The largest absolute Gasteiger partial charge is 0.497 e. The normalized spacial score (nSPS) is 10.5. The molecule has 90 valence electrons.